The van der Waals surface area contributed by atoms with Crippen LogP contribution in [0.25, 0.3) is 88.7 Å². The van der Waals surface area contributed by atoms with Gasteiger partial charge in [0.15, 0.2) is 5.82 Å². The molecule has 0 atom stereocenters. The molecular weight excluding hydrogens is 583 g/mol. The highest BCUT2D eigenvalue weighted by atomic mass is 14.9. The van der Waals surface area contributed by atoms with Crippen LogP contribution in [0.1, 0.15) is 0 Å². The van der Waals surface area contributed by atoms with E-state index >= 15 is 0 Å². The first-order valence-corrected chi connectivity index (χ1v) is 16.2. The van der Waals surface area contributed by atoms with Gasteiger partial charge in [-0.3, -0.25) is 0 Å². The summed E-state index contributed by atoms with van der Waals surface area (Å²) >= 11 is 0. The zero-order valence-corrected chi connectivity index (χ0v) is 26.1. The number of aromatic nitrogens is 3. The molecule has 0 saturated carbocycles. The molecule has 0 fully saturated rings. The molecule has 0 amide bonds. The molecule has 0 saturated heterocycles. The maximum Gasteiger partial charge on any atom is 0.160 e. The number of benzene rings is 7. The van der Waals surface area contributed by atoms with Crippen LogP contribution < -0.4 is 0 Å². The summed E-state index contributed by atoms with van der Waals surface area (Å²) in [4.78, 5) is 15.3. The minimum atomic E-state index is 0.715. The lowest BCUT2D eigenvalue weighted by Crippen LogP contribution is -1.95. The maximum atomic E-state index is 5.20. The molecule has 0 radical (unpaired) electrons. The molecule has 2 heterocycles. The van der Waals surface area contributed by atoms with Crippen molar-refractivity contribution in [1.82, 2.24) is 15.0 Å². The Bertz CT molecular complexity index is 2590. The van der Waals surface area contributed by atoms with Crippen molar-refractivity contribution in [1.29, 1.82) is 0 Å². The van der Waals surface area contributed by atoms with E-state index in [-0.39, 0.29) is 0 Å². The highest BCUT2D eigenvalue weighted by Gasteiger charge is 2.16. The van der Waals surface area contributed by atoms with Crippen LogP contribution in [0, 0.1) is 0 Å². The van der Waals surface area contributed by atoms with E-state index < -0.39 is 0 Å². The molecule has 2 aromatic heterocycles. The SMILES string of the molecule is c1ccc(-c2ccc(-c3nc(-c4ccc(-c5ccccc5-c5nc6ccccc6c6ccccc56)cc4)c4ccccc4n3)cc2)cc1. The fourth-order valence-corrected chi connectivity index (χ4v) is 6.73. The minimum Gasteiger partial charge on any atom is -0.247 e. The van der Waals surface area contributed by atoms with Crippen molar-refractivity contribution in [3.8, 4) is 56.2 Å². The molecule has 48 heavy (non-hydrogen) atoms. The lowest BCUT2D eigenvalue weighted by atomic mass is 9.93. The number of para-hydroxylation sites is 2. The summed E-state index contributed by atoms with van der Waals surface area (Å²) in [6.07, 6.45) is 0. The first-order valence-electron chi connectivity index (χ1n) is 16.2. The van der Waals surface area contributed by atoms with Crippen LogP contribution in [0.4, 0.5) is 0 Å². The molecular formula is C45H29N3. The van der Waals surface area contributed by atoms with E-state index in [9.17, 15) is 0 Å². The van der Waals surface area contributed by atoms with Gasteiger partial charge in [-0.2, -0.15) is 0 Å². The normalized spacial score (nSPS) is 11.3. The Morgan fingerprint density at radius 1 is 0.250 bits per heavy atom. The highest BCUT2D eigenvalue weighted by Crippen LogP contribution is 2.38. The molecule has 0 bridgehead atoms. The zero-order valence-electron chi connectivity index (χ0n) is 26.1. The van der Waals surface area contributed by atoms with Gasteiger partial charge in [0.2, 0.25) is 0 Å². The van der Waals surface area contributed by atoms with Crippen LogP contribution >= 0.6 is 0 Å². The maximum absolute atomic E-state index is 5.20. The number of hydrogen-bond acceptors (Lipinski definition) is 3. The second kappa shape index (κ2) is 11.7. The van der Waals surface area contributed by atoms with Crippen molar-refractivity contribution in [3.05, 3.63) is 176 Å². The molecule has 0 aliphatic rings. The van der Waals surface area contributed by atoms with Crippen LogP contribution in [0.3, 0.4) is 0 Å². The second-order valence-corrected chi connectivity index (χ2v) is 12.0. The zero-order chi connectivity index (χ0) is 31.9. The fraction of sp³-hybridized carbons (Fsp3) is 0. The van der Waals surface area contributed by atoms with E-state index in [1.165, 1.54) is 21.9 Å². The van der Waals surface area contributed by atoms with Crippen molar-refractivity contribution < 1.29 is 0 Å². The van der Waals surface area contributed by atoms with Crippen LogP contribution in [0.2, 0.25) is 0 Å². The first-order chi connectivity index (χ1) is 23.8. The molecule has 0 aliphatic carbocycles. The lowest BCUT2D eigenvalue weighted by Gasteiger charge is -2.14. The van der Waals surface area contributed by atoms with Crippen LogP contribution in [0.15, 0.2) is 176 Å². The average Bonchev–Trinajstić information content (AvgIpc) is 3.17. The summed E-state index contributed by atoms with van der Waals surface area (Å²) in [7, 11) is 0. The van der Waals surface area contributed by atoms with Crippen molar-refractivity contribution >= 4 is 32.6 Å². The topological polar surface area (TPSA) is 38.7 Å². The third-order valence-corrected chi connectivity index (χ3v) is 9.11. The molecule has 0 spiro atoms. The van der Waals surface area contributed by atoms with Gasteiger partial charge in [-0.1, -0.05) is 164 Å². The second-order valence-electron chi connectivity index (χ2n) is 12.0. The standard InChI is InChI=1S/C45H29N3/c1-2-12-30(13-3-1)31-22-28-34(29-23-31)45-47-42-21-11-9-19-40(42)43(48-45)33-26-24-32(25-27-33)35-14-4-6-17-38(35)44-39-18-7-5-15-36(39)37-16-8-10-20-41(37)46-44/h1-29H. The number of fused-ring (bicyclic) bond motifs is 4. The van der Waals surface area contributed by atoms with Crippen LogP contribution in [-0.4, -0.2) is 15.0 Å². The molecule has 0 aliphatic heterocycles. The Morgan fingerprint density at radius 2 is 0.750 bits per heavy atom. The smallest absolute Gasteiger partial charge is 0.160 e. The van der Waals surface area contributed by atoms with Gasteiger partial charge in [-0.05, 0) is 39.8 Å². The predicted octanol–water partition coefficient (Wildman–Crippen LogP) is 11.7. The summed E-state index contributed by atoms with van der Waals surface area (Å²) < 4.78 is 0. The number of nitrogens with zero attached hydrogens (tertiary/aromatic N) is 3. The van der Waals surface area contributed by atoms with E-state index in [2.05, 4.69) is 164 Å². The van der Waals surface area contributed by atoms with E-state index in [0.717, 1.165) is 61.0 Å². The predicted molar refractivity (Wildman–Crippen MR) is 200 cm³/mol. The van der Waals surface area contributed by atoms with Crippen molar-refractivity contribution in [2.24, 2.45) is 0 Å². The van der Waals surface area contributed by atoms with E-state index in [1.807, 2.05) is 12.1 Å². The Morgan fingerprint density at radius 3 is 1.50 bits per heavy atom. The van der Waals surface area contributed by atoms with Crippen molar-refractivity contribution in [2.75, 3.05) is 0 Å². The molecule has 9 aromatic rings. The summed E-state index contributed by atoms with van der Waals surface area (Å²) in [6, 6.07) is 61.4. The van der Waals surface area contributed by atoms with Crippen LogP contribution in [0.5, 0.6) is 0 Å². The van der Waals surface area contributed by atoms with Gasteiger partial charge in [-0.15, -0.1) is 0 Å². The highest BCUT2D eigenvalue weighted by molar-refractivity contribution is 6.12. The van der Waals surface area contributed by atoms with Gasteiger partial charge in [0.1, 0.15) is 0 Å². The third-order valence-electron chi connectivity index (χ3n) is 9.11. The van der Waals surface area contributed by atoms with Crippen molar-refractivity contribution in [3.63, 3.8) is 0 Å². The summed E-state index contributed by atoms with van der Waals surface area (Å²) in [5.41, 5.74) is 11.6. The molecule has 7 aromatic carbocycles. The summed E-state index contributed by atoms with van der Waals surface area (Å²) in [5, 5.41) is 4.56. The molecule has 3 nitrogen and oxygen atoms in total. The van der Waals surface area contributed by atoms with Crippen LogP contribution in [-0.2, 0) is 0 Å². The van der Waals surface area contributed by atoms with Gasteiger partial charge in [0, 0.05) is 32.8 Å². The van der Waals surface area contributed by atoms with Gasteiger partial charge >= 0.3 is 0 Å². The van der Waals surface area contributed by atoms with E-state index in [4.69, 9.17) is 15.0 Å². The molecule has 9 rings (SSSR count). The van der Waals surface area contributed by atoms with Gasteiger partial charge in [-0.25, -0.2) is 15.0 Å². The monoisotopic (exact) mass is 611 g/mol. The summed E-state index contributed by atoms with van der Waals surface area (Å²) in [5.74, 6) is 0.715. The quantitative estimate of drug-likeness (QED) is 0.182. The Balaban J connectivity index is 1.13. The molecule has 224 valence electrons. The van der Waals surface area contributed by atoms with Gasteiger partial charge in [0.05, 0.1) is 22.4 Å². The molecule has 0 unspecified atom stereocenters. The van der Waals surface area contributed by atoms with Gasteiger partial charge < -0.3 is 0 Å². The Labute approximate surface area is 278 Å². The Hall–Kier alpha value is -6.45. The number of rotatable bonds is 5. The fourth-order valence-electron chi connectivity index (χ4n) is 6.73. The average molecular weight is 612 g/mol. The Kier molecular flexibility index (Phi) is 6.80. The molecule has 3 heteroatoms. The first kappa shape index (κ1) is 27.8. The lowest BCUT2D eigenvalue weighted by molar-refractivity contribution is 1.23. The number of hydrogen-bond donors (Lipinski definition) is 0. The minimum absolute atomic E-state index is 0.715. The summed E-state index contributed by atoms with van der Waals surface area (Å²) in [6.45, 7) is 0. The molecule has 0 N–H and O–H groups in total. The number of pyridine rings is 1. The van der Waals surface area contributed by atoms with Crippen molar-refractivity contribution in [2.45, 2.75) is 0 Å². The van der Waals surface area contributed by atoms with E-state index in [1.54, 1.807) is 0 Å². The van der Waals surface area contributed by atoms with E-state index in [0.29, 0.717) is 5.82 Å². The largest absolute Gasteiger partial charge is 0.247 e. The third kappa shape index (κ3) is 4.90. The van der Waals surface area contributed by atoms with Gasteiger partial charge in [0.25, 0.3) is 0 Å².